The van der Waals surface area contributed by atoms with Gasteiger partial charge in [-0.1, -0.05) is 33.6 Å². The van der Waals surface area contributed by atoms with Gasteiger partial charge in [-0.15, -0.1) is 0 Å². The molecule has 2 heteroatoms. The average Bonchev–Trinajstić information content (AvgIpc) is 2.31. The molecule has 1 fully saturated rings. The van der Waals surface area contributed by atoms with E-state index in [4.69, 9.17) is 0 Å². The predicted molar refractivity (Wildman–Crippen MR) is 67.2 cm³/mol. The van der Waals surface area contributed by atoms with Crippen molar-refractivity contribution >= 4 is 0 Å². The predicted octanol–water partition coefficient (Wildman–Crippen LogP) is 2.50. The largest absolute Gasteiger partial charge is 0.312 e. The summed E-state index contributed by atoms with van der Waals surface area (Å²) < 4.78 is 0. The van der Waals surface area contributed by atoms with Crippen molar-refractivity contribution in [3.63, 3.8) is 0 Å². The molecule has 90 valence electrons. The zero-order valence-electron chi connectivity index (χ0n) is 10.8. The summed E-state index contributed by atoms with van der Waals surface area (Å²) in [5.74, 6) is 0.877. The third-order valence-corrected chi connectivity index (χ3v) is 3.80. The molecule has 15 heavy (non-hydrogen) atoms. The SMILES string of the molecule is CCC(CC)CNC1CCCN(CC)C1. The smallest absolute Gasteiger partial charge is 0.0195 e. The quantitative estimate of drug-likeness (QED) is 0.728. The summed E-state index contributed by atoms with van der Waals surface area (Å²) in [6, 6.07) is 0.749. The Kier molecular flexibility index (Phi) is 6.26. The fraction of sp³-hybridized carbons (Fsp3) is 1.00. The highest BCUT2D eigenvalue weighted by Crippen LogP contribution is 2.11. The normalized spacial score (nSPS) is 23.6. The maximum atomic E-state index is 3.75. The first kappa shape index (κ1) is 13.0. The van der Waals surface area contributed by atoms with Gasteiger partial charge in [-0.2, -0.15) is 0 Å². The molecule has 0 spiro atoms. The van der Waals surface area contributed by atoms with Crippen molar-refractivity contribution in [1.29, 1.82) is 0 Å². The number of hydrogen-bond acceptors (Lipinski definition) is 2. The molecule has 0 radical (unpaired) electrons. The van der Waals surface area contributed by atoms with Crippen molar-refractivity contribution < 1.29 is 0 Å². The van der Waals surface area contributed by atoms with Crippen LogP contribution in [0.4, 0.5) is 0 Å². The number of nitrogens with one attached hydrogen (secondary N) is 1. The van der Waals surface area contributed by atoms with Gasteiger partial charge in [0.15, 0.2) is 0 Å². The fourth-order valence-corrected chi connectivity index (χ4v) is 2.42. The summed E-state index contributed by atoms with van der Waals surface area (Å²) in [5, 5.41) is 3.75. The zero-order chi connectivity index (χ0) is 11.1. The molecule has 0 aromatic carbocycles. The van der Waals surface area contributed by atoms with Crippen LogP contribution >= 0.6 is 0 Å². The van der Waals surface area contributed by atoms with E-state index >= 15 is 0 Å². The third-order valence-electron chi connectivity index (χ3n) is 3.80. The van der Waals surface area contributed by atoms with Crippen molar-refractivity contribution in [3.05, 3.63) is 0 Å². The molecule has 1 atom stereocenters. The van der Waals surface area contributed by atoms with Gasteiger partial charge < -0.3 is 10.2 Å². The zero-order valence-corrected chi connectivity index (χ0v) is 10.8. The molecule has 1 rings (SSSR count). The monoisotopic (exact) mass is 212 g/mol. The maximum Gasteiger partial charge on any atom is 0.0195 e. The van der Waals surface area contributed by atoms with Crippen LogP contribution in [0.3, 0.4) is 0 Å². The maximum absolute atomic E-state index is 3.75. The van der Waals surface area contributed by atoms with E-state index in [1.165, 1.54) is 51.9 Å². The molecule has 0 saturated carbocycles. The Bertz CT molecular complexity index is 155. The average molecular weight is 212 g/mol. The van der Waals surface area contributed by atoms with E-state index < -0.39 is 0 Å². The fourth-order valence-electron chi connectivity index (χ4n) is 2.42. The van der Waals surface area contributed by atoms with E-state index in [1.807, 2.05) is 0 Å². The van der Waals surface area contributed by atoms with Gasteiger partial charge in [0, 0.05) is 12.6 Å². The van der Waals surface area contributed by atoms with Gasteiger partial charge in [0.25, 0.3) is 0 Å². The number of nitrogens with zero attached hydrogens (tertiary/aromatic N) is 1. The molecule has 0 aromatic rings. The minimum Gasteiger partial charge on any atom is -0.312 e. The van der Waals surface area contributed by atoms with Crippen molar-refractivity contribution in [2.24, 2.45) is 5.92 Å². The summed E-state index contributed by atoms with van der Waals surface area (Å²) in [5.41, 5.74) is 0. The Hall–Kier alpha value is -0.0800. The molecule has 0 aliphatic carbocycles. The molecular weight excluding hydrogens is 184 g/mol. The summed E-state index contributed by atoms with van der Waals surface area (Å²) in [6.45, 7) is 11.9. The lowest BCUT2D eigenvalue weighted by Gasteiger charge is -2.33. The second-order valence-corrected chi connectivity index (χ2v) is 4.82. The van der Waals surface area contributed by atoms with Crippen LogP contribution in [0, 0.1) is 5.92 Å². The van der Waals surface area contributed by atoms with Crippen LogP contribution in [0.25, 0.3) is 0 Å². The topological polar surface area (TPSA) is 15.3 Å². The molecule has 1 aliphatic heterocycles. The van der Waals surface area contributed by atoms with Crippen LogP contribution in [-0.2, 0) is 0 Å². The van der Waals surface area contributed by atoms with Crippen LogP contribution in [0.2, 0.25) is 0 Å². The van der Waals surface area contributed by atoms with E-state index in [0.717, 1.165) is 12.0 Å². The Balaban J connectivity index is 2.20. The molecule has 1 saturated heterocycles. The first-order valence-electron chi connectivity index (χ1n) is 6.75. The Labute approximate surface area is 95.4 Å². The summed E-state index contributed by atoms with van der Waals surface area (Å²) >= 11 is 0. The molecule has 0 amide bonds. The first-order chi connectivity index (χ1) is 7.30. The summed E-state index contributed by atoms with van der Waals surface area (Å²) in [7, 11) is 0. The number of rotatable bonds is 6. The standard InChI is InChI=1S/C13H28N2/c1-4-12(5-2)10-14-13-8-7-9-15(6-3)11-13/h12-14H,4-11H2,1-3H3. The Morgan fingerprint density at radius 1 is 1.27 bits per heavy atom. The van der Waals surface area contributed by atoms with Gasteiger partial charge in [0.1, 0.15) is 0 Å². The van der Waals surface area contributed by atoms with Gasteiger partial charge >= 0.3 is 0 Å². The number of likely N-dealkylation sites (tertiary alicyclic amines) is 1. The van der Waals surface area contributed by atoms with Crippen LogP contribution in [0.5, 0.6) is 0 Å². The lowest BCUT2D eigenvalue weighted by Crippen LogP contribution is -2.46. The second kappa shape index (κ2) is 7.24. The van der Waals surface area contributed by atoms with Gasteiger partial charge in [0.05, 0.1) is 0 Å². The van der Waals surface area contributed by atoms with Crippen molar-refractivity contribution in [2.75, 3.05) is 26.2 Å². The highest BCUT2D eigenvalue weighted by atomic mass is 15.2. The van der Waals surface area contributed by atoms with Gasteiger partial charge in [-0.3, -0.25) is 0 Å². The second-order valence-electron chi connectivity index (χ2n) is 4.82. The highest BCUT2D eigenvalue weighted by molar-refractivity contribution is 4.78. The van der Waals surface area contributed by atoms with E-state index in [-0.39, 0.29) is 0 Å². The van der Waals surface area contributed by atoms with Gasteiger partial charge in [0.2, 0.25) is 0 Å². The van der Waals surface area contributed by atoms with Crippen molar-refractivity contribution in [1.82, 2.24) is 10.2 Å². The Morgan fingerprint density at radius 3 is 2.60 bits per heavy atom. The summed E-state index contributed by atoms with van der Waals surface area (Å²) in [4.78, 5) is 2.56. The Morgan fingerprint density at radius 2 is 2.00 bits per heavy atom. The molecule has 1 heterocycles. The lowest BCUT2D eigenvalue weighted by atomic mass is 10.0. The first-order valence-corrected chi connectivity index (χ1v) is 6.75. The summed E-state index contributed by atoms with van der Waals surface area (Å²) in [6.07, 6.45) is 5.37. The lowest BCUT2D eigenvalue weighted by molar-refractivity contribution is 0.194. The van der Waals surface area contributed by atoms with Gasteiger partial charge in [-0.25, -0.2) is 0 Å². The van der Waals surface area contributed by atoms with Crippen molar-refractivity contribution in [3.8, 4) is 0 Å². The molecule has 2 nitrogen and oxygen atoms in total. The molecule has 1 N–H and O–H groups in total. The molecular formula is C13H28N2. The van der Waals surface area contributed by atoms with Crippen LogP contribution in [0.15, 0.2) is 0 Å². The van der Waals surface area contributed by atoms with Crippen LogP contribution in [0.1, 0.15) is 46.5 Å². The van der Waals surface area contributed by atoms with Crippen LogP contribution < -0.4 is 5.32 Å². The van der Waals surface area contributed by atoms with Gasteiger partial charge in [-0.05, 0) is 38.4 Å². The highest BCUT2D eigenvalue weighted by Gasteiger charge is 2.18. The van der Waals surface area contributed by atoms with E-state index in [2.05, 4.69) is 31.0 Å². The molecule has 1 unspecified atom stereocenters. The van der Waals surface area contributed by atoms with Crippen molar-refractivity contribution in [2.45, 2.75) is 52.5 Å². The number of likely N-dealkylation sites (N-methyl/N-ethyl adjacent to an activating group) is 1. The minimum absolute atomic E-state index is 0.749. The van der Waals surface area contributed by atoms with E-state index in [9.17, 15) is 0 Å². The number of piperidine rings is 1. The van der Waals surface area contributed by atoms with Crippen LogP contribution in [-0.4, -0.2) is 37.1 Å². The number of hydrogen-bond donors (Lipinski definition) is 1. The molecule has 0 bridgehead atoms. The molecule has 0 aromatic heterocycles. The third kappa shape index (κ3) is 4.52. The van der Waals surface area contributed by atoms with E-state index in [1.54, 1.807) is 0 Å². The minimum atomic E-state index is 0.749. The van der Waals surface area contributed by atoms with E-state index in [0.29, 0.717) is 0 Å². The molecule has 1 aliphatic rings.